The van der Waals surface area contributed by atoms with Crippen LogP contribution < -0.4 is 5.32 Å². The SMILES string of the molecule is CCN1CCCC(NCCOC2CCCC2)CC1. The minimum absolute atomic E-state index is 0.566. The van der Waals surface area contributed by atoms with Crippen LogP contribution in [-0.4, -0.2) is 49.8 Å². The van der Waals surface area contributed by atoms with Crippen molar-refractivity contribution in [3.63, 3.8) is 0 Å². The van der Waals surface area contributed by atoms with Crippen LogP contribution >= 0.6 is 0 Å². The molecule has 1 N–H and O–H groups in total. The third kappa shape index (κ3) is 4.87. The Bertz CT molecular complexity index is 217. The van der Waals surface area contributed by atoms with Crippen molar-refractivity contribution in [2.45, 2.75) is 64.0 Å². The summed E-state index contributed by atoms with van der Waals surface area (Å²) in [5.41, 5.74) is 0. The van der Waals surface area contributed by atoms with Crippen LogP contribution in [0.1, 0.15) is 51.9 Å². The van der Waals surface area contributed by atoms with Gasteiger partial charge in [-0.1, -0.05) is 19.8 Å². The Kier molecular flexibility index (Phi) is 6.46. The molecular formula is C15H30N2O. The van der Waals surface area contributed by atoms with Gasteiger partial charge in [0, 0.05) is 12.6 Å². The first kappa shape index (κ1) is 14.3. The summed E-state index contributed by atoms with van der Waals surface area (Å²) in [5.74, 6) is 0. The zero-order valence-electron chi connectivity index (χ0n) is 12.0. The molecular weight excluding hydrogens is 224 g/mol. The summed E-state index contributed by atoms with van der Waals surface area (Å²) in [4.78, 5) is 2.57. The van der Waals surface area contributed by atoms with E-state index in [1.54, 1.807) is 0 Å². The van der Waals surface area contributed by atoms with Gasteiger partial charge in [-0.15, -0.1) is 0 Å². The number of likely N-dealkylation sites (tertiary alicyclic amines) is 1. The van der Waals surface area contributed by atoms with Crippen molar-refractivity contribution in [3.05, 3.63) is 0 Å². The molecule has 1 aliphatic carbocycles. The van der Waals surface area contributed by atoms with Crippen LogP contribution in [0.15, 0.2) is 0 Å². The molecule has 1 unspecified atom stereocenters. The minimum atomic E-state index is 0.566. The summed E-state index contributed by atoms with van der Waals surface area (Å²) in [6.07, 6.45) is 9.86. The predicted molar refractivity (Wildman–Crippen MR) is 76.0 cm³/mol. The fourth-order valence-electron chi connectivity index (χ4n) is 3.22. The fourth-order valence-corrected chi connectivity index (χ4v) is 3.22. The van der Waals surface area contributed by atoms with Crippen LogP contribution in [0.5, 0.6) is 0 Å². The number of hydrogen-bond acceptors (Lipinski definition) is 3. The Morgan fingerprint density at radius 2 is 1.89 bits per heavy atom. The molecule has 1 saturated carbocycles. The van der Waals surface area contributed by atoms with Crippen LogP contribution in [0.25, 0.3) is 0 Å². The summed E-state index contributed by atoms with van der Waals surface area (Å²) < 4.78 is 5.89. The normalized spacial score (nSPS) is 27.5. The van der Waals surface area contributed by atoms with Gasteiger partial charge in [0.05, 0.1) is 12.7 Å². The van der Waals surface area contributed by atoms with Crippen LogP contribution in [-0.2, 0) is 4.74 Å². The number of ether oxygens (including phenoxy) is 1. The number of nitrogens with one attached hydrogen (secondary N) is 1. The number of hydrogen-bond donors (Lipinski definition) is 1. The molecule has 0 aromatic rings. The molecule has 18 heavy (non-hydrogen) atoms. The lowest BCUT2D eigenvalue weighted by molar-refractivity contribution is 0.0589. The van der Waals surface area contributed by atoms with Crippen LogP contribution in [0.2, 0.25) is 0 Å². The summed E-state index contributed by atoms with van der Waals surface area (Å²) in [5, 5.41) is 3.68. The average Bonchev–Trinajstić information content (AvgIpc) is 2.80. The van der Waals surface area contributed by atoms with Gasteiger partial charge in [0.2, 0.25) is 0 Å². The van der Waals surface area contributed by atoms with E-state index in [-0.39, 0.29) is 0 Å². The van der Waals surface area contributed by atoms with Gasteiger partial charge in [0.1, 0.15) is 0 Å². The van der Waals surface area contributed by atoms with E-state index in [2.05, 4.69) is 17.1 Å². The first-order valence-corrected chi connectivity index (χ1v) is 7.96. The molecule has 0 aromatic heterocycles. The van der Waals surface area contributed by atoms with Gasteiger partial charge >= 0.3 is 0 Å². The van der Waals surface area contributed by atoms with Gasteiger partial charge in [-0.05, 0) is 51.7 Å². The molecule has 0 spiro atoms. The first-order valence-electron chi connectivity index (χ1n) is 7.96. The van der Waals surface area contributed by atoms with E-state index < -0.39 is 0 Å². The lowest BCUT2D eigenvalue weighted by atomic mass is 10.1. The largest absolute Gasteiger partial charge is 0.377 e. The maximum atomic E-state index is 5.89. The van der Waals surface area contributed by atoms with Crippen molar-refractivity contribution in [1.29, 1.82) is 0 Å². The van der Waals surface area contributed by atoms with Crippen LogP contribution in [0.3, 0.4) is 0 Å². The van der Waals surface area contributed by atoms with E-state index >= 15 is 0 Å². The highest BCUT2D eigenvalue weighted by molar-refractivity contribution is 4.74. The quantitative estimate of drug-likeness (QED) is 0.737. The average molecular weight is 254 g/mol. The summed E-state index contributed by atoms with van der Waals surface area (Å²) in [7, 11) is 0. The molecule has 2 rings (SSSR count). The maximum absolute atomic E-state index is 5.89. The van der Waals surface area contributed by atoms with Crippen molar-refractivity contribution < 1.29 is 4.74 Å². The van der Waals surface area contributed by atoms with E-state index in [9.17, 15) is 0 Å². The highest BCUT2D eigenvalue weighted by Gasteiger charge is 2.17. The smallest absolute Gasteiger partial charge is 0.0594 e. The van der Waals surface area contributed by atoms with E-state index in [1.165, 1.54) is 64.6 Å². The van der Waals surface area contributed by atoms with Crippen molar-refractivity contribution >= 4 is 0 Å². The molecule has 1 atom stereocenters. The van der Waals surface area contributed by atoms with Gasteiger partial charge in [-0.25, -0.2) is 0 Å². The van der Waals surface area contributed by atoms with E-state index in [0.717, 1.165) is 13.2 Å². The minimum Gasteiger partial charge on any atom is -0.377 e. The van der Waals surface area contributed by atoms with E-state index in [4.69, 9.17) is 4.74 Å². The summed E-state index contributed by atoms with van der Waals surface area (Å²) in [6.45, 7) is 7.96. The summed E-state index contributed by atoms with van der Waals surface area (Å²) in [6, 6.07) is 0.716. The van der Waals surface area contributed by atoms with Crippen molar-refractivity contribution in [2.24, 2.45) is 0 Å². The van der Waals surface area contributed by atoms with Gasteiger partial charge in [0.15, 0.2) is 0 Å². The van der Waals surface area contributed by atoms with Gasteiger partial charge in [-0.3, -0.25) is 0 Å². The number of rotatable bonds is 6. The molecule has 1 aliphatic heterocycles. The third-order valence-electron chi connectivity index (χ3n) is 4.46. The molecule has 1 heterocycles. The molecule has 0 aromatic carbocycles. The zero-order chi connectivity index (χ0) is 12.6. The molecule has 1 saturated heterocycles. The molecule has 0 bridgehead atoms. The third-order valence-corrected chi connectivity index (χ3v) is 4.46. The molecule has 3 heteroatoms. The standard InChI is InChI=1S/C15H30N2O/c1-2-17-11-5-6-14(9-12-17)16-10-13-18-15-7-3-4-8-15/h14-16H,2-13H2,1H3. The maximum Gasteiger partial charge on any atom is 0.0594 e. The van der Waals surface area contributed by atoms with Gasteiger partial charge in [0.25, 0.3) is 0 Å². The Morgan fingerprint density at radius 1 is 1.06 bits per heavy atom. The molecule has 0 radical (unpaired) electrons. The lowest BCUT2D eigenvalue weighted by Crippen LogP contribution is -2.33. The highest BCUT2D eigenvalue weighted by Crippen LogP contribution is 2.20. The first-order chi connectivity index (χ1) is 8.88. The number of nitrogens with zero attached hydrogens (tertiary/aromatic N) is 1. The van der Waals surface area contributed by atoms with Crippen molar-refractivity contribution in [3.8, 4) is 0 Å². The monoisotopic (exact) mass is 254 g/mol. The predicted octanol–water partition coefficient (Wildman–Crippen LogP) is 2.41. The Morgan fingerprint density at radius 3 is 2.67 bits per heavy atom. The Balaban J connectivity index is 1.53. The second kappa shape index (κ2) is 8.13. The van der Waals surface area contributed by atoms with E-state index in [1.807, 2.05) is 0 Å². The lowest BCUT2D eigenvalue weighted by Gasteiger charge is -2.19. The Hall–Kier alpha value is -0.120. The molecule has 106 valence electrons. The second-order valence-electron chi connectivity index (χ2n) is 5.79. The molecule has 3 nitrogen and oxygen atoms in total. The highest BCUT2D eigenvalue weighted by atomic mass is 16.5. The van der Waals surface area contributed by atoms with Crippen molar-refractivity contribution in [2.75, 3.05) is 32.8 Å². The van der Waals surface area contributed by atoms with Gasteiger partial charge < -0.3 is 15.0 Å². The van der Waals surface area contributed by atoms with Crippen LogP contribution in [0, 0.1) is 0 Å². The van der Waals surface area contributed by atoms with Gasteiger partial charge in [-0.2, -0.15) is 0 Å². The Labute approximate surface area is 112 Å². The van der Waals surface area contributed by atoms with Crippen molar-refractivity contribution in [1.82, 2.24) is 10.2 Å². The zero-order valence-corrected chi connectivity index (χ0v) is 12.0. The molecule has 2 fully saturated rings. The molecule has 2 aliphatic rings. The fraction of sp³-hybridized carbons (Fsp3) is 1.00. The summed E-state index contributed by atoms with van der Waals surface area (Å²) >= 11 is 0. The van der Waals surface area contributed by atoms with Crippen LogP contribution in [0.4, 0.5) is 0 Å². The molecule has 0 amide bonds. The van der Waals surface area contributed by atoms with E-state index in [0.29, 0.717) is 12.1 Å². The topological polar surface area (TPSA) is 24.5 Å². The second-order valence-corrected chi connectivity index (χ2v) is 5.79.